The van der Waals surface area contributed by atoms with Gasteiger partial charge in [0.1, 0.15) is 5.82 Å². The van der Waals surface area contributed by atoms with Crippen molar-refractivity contribution in [3.05, 3.63) is 69.8 Å². The summed E-state index contributed by atoms with van der Waals surface area (Å²) < 4.78 is 12.9. The zero-order valence-corrected chi connectivity index (χ0v) is 12.7. The van der Waals surface area contributed by atoms with Gasteiger partial charge >= 0.3 is 0 Å². The van der Waals surface area contributed by atoms with Gasteiger partial charge in [-0.3, -0.25) is 9.59 Å². The lowest BCUT2D eigenvalue weighted by molar-refractivity contribution is -0.113. The highest BCUT2D eigenvalue weighted by Crippen LogP contribution is 2.36. The van der Waals surface area contributed by atoms with E-state index in [0.29, 0.717) is 16.3 Å². The highest BCUT2D eigenvalue weighted by atomic mass is 35.5. The van der Waals surface area contributed by atoms with Gasteiger partial charge in [0.2, 0.25) is 0 Å². The number of imide groups is 1. The smallest absolute Gasteiger partial charge is 0.268 e. The van der Waals surface area contributed by atoms with Gasteiger partial charge in [-0.15, -0.1) is 0 Å². The Bertz CT molecular complexity index is 789. The van der Waals surface area contributed by atoms with Gasteiger partial charge in [0.25, 0.3) is 11.1 Å². The molecular formula is C16H9ClFNO2S. The zero-order chi connectivity index (χ0) is 15.7. The van der Waals surface area contributed by atoms with E-state index in [1.165, 1.54) is 12.1 Å². The first kappa shape index (κ1) is 14.8. The highest BCUT2D eigenvalue weighted by molar-refractivity contribution is 8.19. The van der Waals surface area contributed by atoms with E-state index in [1.807, 2.05) is 0 Å². The molecule has 110 valence electrons. The van der Waals surface area contributed by atoms with Crippen molar-refractivity contribution in [1.82, 2.24) is 0 Å². The van der Waals surface area contributed by atoms with Gasteiger partial charge in [-0.1, -0.05) is 29.8 Å². The molecule has 1 heterocycles. The minimum absolute atomic E-state index is 0.289. The molecule has 2 aromatic rings. The molecule has 0 N–H and O–H groups in total. The molecule has 2 aromatic carbocycles. The van der Waals surface area contributed by atoms with Crippen LogP contribution in [0.4, 0.5) is 14.9 Å². The fourth-order valence-electron chi connectivity index (χ4n) is 2.02. The molecule has 22 heavy (non-hydrogen) atoms. The van der Waals surface area contributed by atoms with Crippen molar-refractivity contribution in [2.45, 2.75) is 0 Å². The number of thioether (sulfide) groups is 1. The minimum Gasteiger partial charge on any atom is -0.268 e. The number of anilines is 1. The number of hydrogen-bond acceptors (Lipinski definition) is 3. The maximum atomic E-state index is 12.9. The molecule has 0 saturated carbocycles. The number of halogens is 2. The molecule has 0 unspecified atom stereocenters. The lowest BCUT2D eigenvalue weighted by atomic mass is 10.2. The molecule has 3 nitrogen and oxygen atoms in total. The second kappa shape index (κ2) is 5.94. The molecule has 1 fully saturated rings. The summed E-state index contributed by atoms with van der Waals surface area (Å²) in [6, 6.07) is 12.2. The molecule has 0 bridgehead atoms. The lowest BCUT2D eigenvalue weighted by Crippen LogP contribution is -2.27. The van der Waals surface area contributed by atoms with Crippen molar-refractivity contribution in [3.63, 3.8) is 0 Å². The van der Waals surface area contributed by atoms with E-state index < -0.39 is 5.91 Å². The molecule has 1 aliphatic heterocycles. The van der Waals surface area contributed by atoms with Crippen molar-refractivity contribution >= 4 is 46.3 Å². The summed E-state index contributed by atoms with van der Waals surface area (Å²) in [6.45, 7) is 0. The van der Waals surface area contributed by atoms with Gasteiger partial charge in [-0.2, -0.15) is 0 Å². The van der Waals surface area contributed by atoms with E-state index >= 15 is 0 Å². The van der Waals surface area contributed by atoms with E-state index in [1.54, 1.807) is 42.5 Å². The third-order valence-electron chi connectivity index (χ3n) is 3.03. The van der Waals surface area contributed by atoms with Crippen molar-refractivity contribution in [1.29, 1.82) is 0 Å². The second-order valence-corrected chi connectivity index (χ2v) is 5.98. The van der Waals surface area contributed by atoms with Crippen molar-refractivity contribution in [2.24, 2.45) is 0 Å². The Kier molecular flexibility index (Phi) is 4.00. The average molecular weight is 334 g/mol. The summed E-state index contributed by atoms with van der Waals surface area (Å²) in [6.07, 6.45) is 1.56. The van der Waals surface area contributed by atoms with E-state index in [2.05, 4.69) is 0 Å². The van der Waals surface area contributed by atoms with Crippen LogP contribution in [0, 0.1) is 5.82 Å². The highest BCUT2D eigenvalue weighted by Gasteiger charge is 2.36. The van der Waals surface area contributed by atoms with Crippen molar-refractivity contribution < 1.29 is 14.0 Å². The topological polar surface area (TPSA) is 37.4 Å². The van der Waals surface area contributed by atoms with Gasteiger partial charge in [-0.25, -0.2) is 9.29 Å². The van der Waals surface area contributed by atoms with Gasteiger partial charge in [0.15, 0.2) is 0 Å². The van der Waals surface area contributed by atoms with E-state index in [4.69, 9.17) is 11.6 Å². The first-order valence-electron chi connectivity index (χ1n) is 6.34. The molecule has 0 radical (unpaired) electrons. The molecule has 1 aliphatic rings. The SMILES string of the molecule is O=C1S/C(=C\c2ccc(F)cc2)C(=O)N1c1cccc(Cl)c1. The molecule has 0 aliphatic carbocycles. The summed E-state index contributed by atoms with van der Waals surface area (Å²) in [5.41, 5.74) is 1.08. The van der Waals surface area contributed by atoms with Crippen molar-refractivity contribution in [3.8, 4) is 0 Å². The maximum Gasteiger partial charge on any atom is 0.298 e. The van der Waals surface area contributed by atoms with E-state index in [-0.39, 0.29) is 16.0 Å². The summed E-state index contributed by atoms with van der Waals surface area (Å²) in [7, 11) is 0. The average Bonchev–Trinajstić information content (AvgIpc) is 2.76. The molecule has 1 saturated heterocycles. The normalized spacial score (nSPS) is 16.6. The summed E-state index contributed by atoms with van der Waals surface area (Å²) in [5.74, 6) is -0.772. The van der Waals surface area contributed by atoms with E-state index in [0.717, 1.165) is 16.7 Å². The van der Waals surface area contributed by atoms with Crippen LogP contribution in [0.2, 0.25) is 5.02 Å². The first-order chi connectivity index (χ1) is 10.5. The summed E-state index contributed by atoms with van der Waals surface area (Å²) in [5, 5.41) is 0.0553. The molecule has 0 spiro atoms. The van der Waals surface area contributed by atoms with Crippen LogP contribution < -0.4 is 4.90 Å². The molecular weight excluding hydrogens is 325 g/mol. The number of rotatable bonds is 2. The Hall–Kier alpha value is -2.11. The number of amides is 2. The number of hydrogen-bond donors (Lipinski definition) is 0. The maximum absolute atomic E-state index is 12.9. The van der Waals surface area contributed by atoms with Gasteiger partial charge in [0.05, 0.1) is 10.6 Å². The third kappa shape index (κ3) is 2.91. The van der Waals surface area contributed by atoms with E-state index in [9.17, 15) is 14.0 Å². The van der Waals surface area contributed by atoms with Crippen LogP contribution in [-0.2, 0) is 4.79 Å². The van der Waals surface area contributed by atoms with Gasteiger partial charge in [-0.05, 0) is 53.7 Å². The number of carbonyl (C=O) groups excluding carboxylic acids is 2. The number of nitrogens with zero attached hydrogens (tertiary/aromatic N) is 1. The molecule has 0 aromatic heterocycles. The zero-order valence-electron chi connectivity index (χ0n) is 11.1. The molecule has 3 rings (SSSR count). The Morgan fingerprint density at radius 3 is 2.50 bits per heavy atom. The Morgan fingerprint density at radius 2 is 1.82 bits per heavy atom. The summed E-state index contributed by atoms with van der Waals surface area (Å²) >= 11 is 6.74. The van der Waals surface area contributed by atoms with Crippen LogP contribution in [0.5, 0.6) is 0 Å². The number of benzene rings is 2. The van der Waals surface area contributed by atoms with Gasteiger partial charge in [0, 0.05) is 5.02 Å². The fourth-order valence-corrected chi connectivity index (χ4v) is 3.04. The molecule has 0 atom stereocenters. The van der Waals surface area contributed by atoms with Crippen LogP contribution in [0.1, 0.15) is 5.56 Å². The first-order valence-corrected chi connectivity index (χ1v) is 7.53. The summed E-state index contributed by atoms with van der Waals surface area (Å²) in [4.78, 5) is 25.8. The van der Waals surface area contributed by atoms with Crippen molar-refractivity contribution in [2.75, 3.05) is 4.90 Å². The van der Waals surface area contributed by atoms with Gasteiger partial charge < -0.3 is 0 Å². The fraction of sp³-hybridized carbons (Fsp3) is 0. The predicted molar refractivity (Wildman–Crippen MR) is 86.3 cm³/mol. The monoisotopic (exact) mass is 333 g/mol. The molecule has 2 amide bonds. The van der Waals surface area contributed by atoms with Crippen LogP contribution in [0.3, 0.4) is 0 Å². The second-order valence-electron chi connectivity index (χ2n) is 4.55. The largest absolute Gasteiger partial charge is 0.298 e. The Labute approximate surface area is 135 Å². The minimum atomic E-state index is -0.415. The van der Waals surface area contributed by atoms with Crippen LogP contribution in [-0.4, -0.2) is 11.1 Å². The predicted octanol–water partition coefficient (Wildman–Crippen LogP) is 4.72. The lowest BCUT2D eigenvalue weighted by Gasteiger charge is -2.12. The standard InChI is InChI=1S/C16H9ClFNO2S/c17-11-2-1-3-13(9-11)19-15(20)14(22-16(19)21)8-10-4-6-12(18)7-5-10/h1-9H/b14-8-. The van der Waals surface area contributed by atoms with Crippen LogP contribution in [0.25, 0.3) is 6.08 Å². The number of carbonyl (C=O) groups is 2. The quantitative estimate of drug-likeness (QED) is 0.746. The van der Waals surface area contributed by atoms with Crippen LogP contribution >= 0.6 is 23.4 Å². The third-order valence-corrected chi connectivity index (χ3v) is 4.13. The Balaban J connectivity index is 1.93. The molecule has 6 heteroatoms. The Morgan fingerprint density at radius 1 is 1.09 bits per heavy atom. The van der Waals surface area contributed by atoms with Crippen LogP contribution in [0.15, 0.2) is 53.4 Å².